The van der Waals surface area contributed by atoms with E-state index in [-0.39, 0.29) is 23.0 Å². The highest BCUT2D eigenvalue weighted by Crippen LogP contribution is 2.21. The van der Waals surface area contributed by atoms with Crippen LogP contribution in [0.25, 0.3) is 0 Å². The Labute approximate surface area is 151 Å². The van der Waals surface area contributed by atoms with Crippen LogP contribution in [0.1, 0.15) is 57.8 Å². The summed E-state index contributed by atoms with van der Waals surface area (Å²) in [5.74, 6) is -1.82. The molecule has 0 saturated carbocycles. The Morgan fingerprint density at radius 3 is 2.27 bits per heavy atom. The third-order valence-corrected chi connectivity index (χ3v) is 4.04. The van der Waals surface area contributed by atoms with Gasteiger partial charge in [-0.05, 0) is 26.0 Å². The molecule has 138 valence electrons. The molecule has 0 unspecified atom stereocenters. The van der Waals surface area contributed by atoms with Gasteiger partial charge in [-0.15, -0.1) is 0 Å². The van der Waals surface area contributed by atoms with Crippen molar-refractivity contribution in [3.05, 3.63) is 53.0 Å². The maximum absolute atomic E-state index is 12.6. The number of hydrogen-bond acceptors (Lipinski definition) is 4. The monoisotopic (exact) mass is 358 g/mol. The number of nitrogens with one attached hydrogen (secondary N) is 1. The molecule has 0 fully saturated rings. The van der Waals surface area contributed by atoms with E-state index in [4.69, 9.17) is 4.42 Å². The van der Waals surface area contributed by atoms with Gasteiger partial charge < -0.3 is 19.7 Å². The lowest BCUT2D eigenvalue weighted by Gasteiger charge is -2.20. The van der Waals surface area contributed by atoms with Crippen molar-refractivity contribution < 1.29 is 23.9 Å². The standard InChI is InChI=1S/C19H22N2O5/c1-4-15-13(19(24)25)11-16(26-15)17(22)20-14-10-8-7-9-12(14)18(23)21(5-2)6-3/h7-11H,4-6H2,1-3H3,(H,20,22)(H,24,25). The number of aromatic carboxylic acids is 1. The van der Waals surface area contributed by atoms with E-state index in [1.165, 1.54) is 6.07 Å². The van der Waals surface area contributed by atoms with Crippen molar-refractivity contribution in [2.75, 3.05) is 18.4 Å². The van der Waals surface area contributed by atoms with Crippen LogP contribution in [-0.2, 0) is 6.42 Å². The number of furan rings is 1. The van der Waals surface area contributed by atoms with Gasteiger partial charge in [-0.25, -0.2) is 4.79 Å². The lowest BCUT2D eigenvalue weighted by Crippen LogP contribution is -2.31. The summed E-state index contributed by atoms with van der Waals surface area (Å²) in [7, 11) is 0. The lowest BCUT2D eigenvalue weighted by atomic mass is 10.1. The first kappa shape index (κ1) is 19.2. The minimum absolute atomic E-state index is 0.0369. The molecule has 2 rings (SSSR count). The van der Waals surface area contributed by atoms with Crippen molar-refractivity contribution in [1.82, 2.24) is 4.90 Å². The molecule has 0 bridgehead atoms. The van der Waals surface area contributed by atoms with Crippen LogP contribution in [0, 0.1) is 0 Å². The second-order valence-electron chi connectivity index (χ2n) is 5.58. The molecule has 7 nitrogen and oxygen atoms in total. The molecule has 0 saturated heterocycles. The zero-order valence-electron chi connectivity index (χ0n) is 15.0. The molecule has 0 aliphatic heterocycles. The fourth-order valence-electron chi connectivity index (χ4n) is 2.63. The molecule has 0 aliphatic rings. The molecule has 1 aromatic heterocycles. The third-order valence-electron chi connectivity index (χ3n) is 4.04. The second kappa shape index (κ2) is 8.33. The number of carboxylic acids is 1. The molecule has 1 aromatic carbocycles. The van der Waals surface area contributed by atoms with E-state index < -0.39 is 11.9 Å². The Morgan fingerprint density at radius 1 is 1.08 bits per heavy atom. The van der Waals surface area contributed by atoms with Gasteiger partial charge in [0.15, 0.2) is 5.76 Å². The number of carbonyl (C=O) groups is 3. The second-order valence-corrected chi connectivity index (χ2v) is 5.58. The van der Waals surface area contributed by atoms with Gasteiger partial charge in [0, 0.05) is 25.6 Å². The van der Waals surface area contributed by atoms with Gasteiger partial charge in [0.25, 0.3) is 11.8 Å². The summed E-state index contributed by atoms with van der Waals surface area (Å²) in [5.41, 5.74) is 0.677. The summed E-state index contributed by atoms with van der Waals surface area (Å²) in [5, 5.41) is 11.8. The Bertz CT molecular complexity index is 821. The van der Waals surface area contributed by atoms with Gasteiger partial charge in [-0.1, -0.05) is 19.1 Å². The predicted molar refractivity (Wildman–Crippen MR) is 96.7 cm³/mol. The van der Waals surface area contributed by atoms with Gasteiger partial charge in [0.1, 0.15) is 11.3 Å². The average Bonchev–Trinajstić information content (AvgIpc) is 3.08. The Kier molecular flexibility index (Phi) is 6.16. The molecule has 2 N–H and O–H groups in total. The number of carboxylic acid groups (broad SMARTS) is 1. The van der Waals surface area contributed by atoms with Crippen LogP contribution in [-0.4, -0.2) is 40.9 Å². The first-order valence-corrected chi connectivity index (χ1v) is 8.48. The number of hydrogen-bond donors (Lipinski definition) is 2. The average molecular weight is 358 g/mol. The molecule has 0 atom stereocenters. The van der Waals surface area contributed by atoms with Crippen LogP contribution < -0.4 is 5.32 Å². The van der Waals surface area contributed by atoms with Gasteiger partial charge in [0.05, 0.1) is 11.3 Å². The Morgan fingerprint density at radius 2 is 1.73 bits per heavy atom. The van der Waals surface area contributed by atoms with E-state index >= 15 is 0 Å². The molecule has 0 spiro atoms. The molecular weight excluding hydrogens is 336 g/mol. The number of anilines is 1. The first-order chi connectivity index (χ1) is 12.4. The summed E-state index contributed by atoms with van der Waals surface area (Å²) < 4.78 is 5.36. The first-order valence-electron chi connectivity index (χ1n) is 8.48. The van der Waals surface area contributed by atoms with Gasteiger partial charge in [-0.2, -0.15) is 0 Å². The fraction of sp³-hybridized carbons (Fsp3) is 0.316. The summed E-state index contributed by atoms with van der Waals surface area (Å²) in [6.07, 6.45) is 0.353. The van der Waals surface area contributed by atoms with Crippen molar-refractivity contribution in [1.29, 1.82) is 0 Å². The number of nitrogens with zero attached hydrogens (tertiary/aromatic N) is 1. The predicted octanol–water partition coefficient (Wildman–Crippen LogP) is 3.27. The van der Waals surface area contributed by atoms with E-state index in [1.54, 1.807) is 36.1 Å². The van der Waals surface area contributed by atoms with E-state index in [1.807, 2.05) is 13.8 Å². The number of para-hydroxylation sites is 1. The van der Waals surface area contributed by atoms with Crippen LogP contribution >= 0.6 is 0 Å². The van der Waals surface area contributed by atoms with Crippen LogP contribution in [0.3, 0.4) is 0 Å². The Balaban J connectivity index is 2.30. The minimum atomic E-state index is -1.15. The fourth-order valence-corrected chi connectivity index (χ4v) is 2.63. The quantitative estimate of drug-likeness (QED) is 0.791. The SMILES string of the molecule is CCc1oc(C(=O)Nc2ccccc2C(=O)N(CC)CC)cc1C(=O)O. The summed E-state index contributed by atoms with van der Waals surface area (Å²) in [6.45, 7) is 6.61. The molecule has 0 aliphatic carbocycles. The van der Waals surface area contributed by atoms with E-state index in [9.17, 15) is 19.5 Å². The van der Waals surface area contributed by atoms with Crippen LogP contribution in [0.2, 0.25) is 0 Å². The third kappa shape index (κ3) is 3.93. The maximum Gasteiger partial charge on any atom is 0.339 e. The van der Waals surface area contributed by atoms with Gasteiger partial charge in [0.2, 0.25) is 0 Å². The topological polar surface area (TPSA) is 99.9 Å². The van der Waals surface area contributed by atoms with Crippen molar-refractivity contribution in [3.8, 4) is 0 Å². The minimum Gasteiger partial charge on any atom is -0.478 e. The van der Waals surface area contributed by atoms with Crippen LogP contribution in [0.4, 0.5) is 5.69 Å². The highest BCUT2D eigenvalue weighted by Gasteiger charge is 2.22. The molecule has 26 heavy (non-hydrogen) atoms. The number of benzene rings is 1. The maximum atomic E-state index is 12.6. The van der Waals surface area contributed by atoms with Crippen molar-refractivity contribution in [3.63, 3.8) is 0 Å². The smallest absolute Gasteiger partial charge is 0.339 e. The zero-order valence-corrected chi connectivity index (χ0v) is 15.0. The van der Waals surface area contributed by atoms with Crippen molar-refractivity contribution >= 4 is 23.5 Å². The normalized spacial score (nSPS) is 10.4. The largest absolute Gasteiger partial charge is 0.478 e. The van der Waals surface area contributed by atoms with Gasteiger partial charge in [-0.3, -0.25) is 9.59 Å². The molecular formula is C19H22N2O5. The Hall–Kier alpha value is -3.09. The van der Waals surface area contributed by atoms with Crippen molar-refractivity contribution in [2.24, 2.45) is 0 Å². The molecule has 7 heteroatoms. The zero-order chi connectivity index (χ0) is 19.3. The summed E-state index contributed by atoms with van der Waals surface area (Å²) >= 11 is 0. The number of carbonyl (C=O) groups excluding carboxylic acids is 2. The highest BCUT2D eigenvalue weighted by atomic mass is 16.4. The van der Waals surface area contributed by atoms with E-state index in [0.29, 0.717) is 30.8 Å². The molecule has 2 amide bonds. The molecule has 2 aromatic rings. The summed E-state index contributed by atoms with van der Waals surface area (Å²) in [4.78, 5) is 38.0. The molecule has 1 heterocycles. The highest BCUT2D eigenvalue weighted by molar-refractivity contribution is 6.08. The summed E-state index contributed by atoms with van der Waals surface area (Å²) in [6, 6.07) is 7.88. The van der Waals surface area contributed by atoms with Gasteiger partial charge >= 0.3 is 5.97 Å². The van der Waals surface area contributed by atoms with Crippen molar-refractivity contribution in [2.45, 2.75) is 27.2 Å². The number of aryl methyl sites for hydroxylation is 1. The van der Waals surface area contributed by atoms with E-state index in [2.05, 4.69) is 5.32 Å². The molecule has 0 radical (unpaired) electrons. The number of amides is 2. The lowest BCUT2D eigenvalue weighted by molar-refractivity contribution is 0.0693. The van der Waals surface area contributed by atoms with E-state index in [0.717, 1.165) is 0 Å². The van der Waals surface area contributed by atoms with Crippen LogP contribution in [0.15, 0.2) is 34.7 Å². The number of rotatable bonds is 7. The van der Waals surface area contributed by atoms with Crippen LogP contribution in [0.5, 0.6) is 0 Å².